The maximum Gasteiger partial charge on any atom is -0.0145 e. The van der Waals surface area contributed by atoms with Crippen molar-refractivity contribution >= 4 is 6.29 Å². The van der Waals surface area contributed by atoms with Gasteiger partial charge in [-0.2, -0.15) is 6.08 Å². The topological polar surface area (TPSA) is 17.1 Å². The molecule has 0 N–H and O–H groups in total. The molecule has 0 radical (unpaired) electrons. The average Bonchev–Trinajstić information content (AvgIpc) is 1.41. The highest BCUT2D eigenvalue weighted by Crippen LogP contribution is 1.55. The summed E-state index contributed by atoms with van der Waals surface area (Å²) >= 11 is 0. The van der Waals surface area contributed by atoms with Crippen LogP contribution in [0.25, 0.3) is 0 Å². The highest BCUT2D eigenvalue weighted by Gasteiger charge is 1.33. The van der Waals surface area contributed by atoms with Gasteiger partial charge in [0.05, 0.1) is 0 Å². The number of allylic oxidation sites excluding steroid dienone is 2. The van der Waals surface area contributed by atoms with Crippen molar-refractivity contribution in [2.45, 2.75) is 6.92 Å². The first kappa shape index (κ1) is 4.41. The third-order valence-corrected chi connectivity index (χ3v) is 0.235. The Bertz CT molecular complexity index is 45.6. The molecule has 28 valence electrons. The minimum Gasteiger partial charge on any atom is -0.419 e. The van der Waals surface area contributed by atoms with Crippen LogP contribution < -0.4 is 0 Å². The van der Waals surface area contributed by atoms with Crippen LogP contribution in [0.5, 0.6) is 0 Å². The molecule has 0 bridgehead atoms. The minimum absolute atomic E-state index is 1.32. The Morgan fingerprint density at radius 3 is 2.40 bits per heavy atom. The van der Waals surface area contributed by atoms with Crippen molar-refractivity contribution in [1.29, 1.82) is 0 Å². The number of carbonyl (C=O) groups excluding carboxylic acids is 1. The highest BCUT2D eigenvalue weighted by molar-refractivity contribution is 5.65. The summed E-state index contributed by atoms with van der Waals surface area (Å²) in [5, 5.41) is 0. The van der Waals surface area contributed by atoms with E-state index in [2.05, 4.69) is 0 Å². The largest absolute Gasteiger partial charge is 0.419 e. The molecule has 0 spiro atoms. The van der Waals surface area contributed by atoms with Crippen LogP contribution in [0.4, 0.5) is 0 Å². The van der Waals surface area contributed by atoms with Crippen LogP contribution in [-0.4, -0.2) is 6.29 Å². The molecule has 0 amide bonds. The van der Waals surface area contributed by atoms with Crippen LogP contribution in [0.15, 0.2) is 12.2 Å². The maximum atomic E-state index is 9.19. The number of hydrogen-bond acceptors (Lipinski definition) is 1. The van der Waals surface area contributed by atoms with Crippen molar-refractivity contribution in [3.8, 4) is 0 Å². The molecule has 0 rings (SSSR count). The van der Waals surface area contributed by atoms with Crippen LogP contribution in [-0.2, 0) is 4.79 Å². The summed E-state index contributed by atoms with van der Waals surface area (Å²) in [6, 6.07) is 0. The van der Waals surface area contributed by atoms with Gasteiger partial charge < -0.3 is 4.79 Å². The van der Waals surface area contributed by atoms with Crippen LogP contribution in [0.3, 0.4) is 0 Å². The van der Waals surface area contributed by atoms with Crippen LogP contribution in [0, 0.1) is 0 Å². The smallest absolute Gasteiger partial charge is 0.0145 e. The standard InChI is InChI=1S/C4H5O/c1-2-3-4-5/h2-3H,1H3/q-1/b3-2+. The second-order valence-corrected chi connectivity index (χ2v) is 0.618. The van der Waals surface area contributed by atoms with Gasteiger partial charge in [-0.1, -0.05) is 0 Å². The Kier molecular flexibility index (Phi) is 3.01. The number of hydrogen-bond donors (Lipinski definition) is 0. The van der Waals surface area contributed by atoms with Gasteiger partial charge in [-0.15, -0.1) is 6.92 Å². The zero-order valence-electron chi connectivity index (χ0n) is 3.06. The lowest BCUT2D eigenvalue weighted by Crippen LogP contribution is -1.50. The molecule has 0 aromatic rings. The first-order valence-corrected chi connectivity index (χ1v) is 1.40. The van der Waals surface area contributed by atoms with Crippen molar-refractivity contribution in [3.63, 3.8) is 0 Å². The third-order valence-electron chi connectivity index (χ3n) is 0.235. The second kappa shape index (κ2) is 3.41. The Labute approximate surface area is 31.3 Å². The molecule has 0 heterocycles. The first-order valence-electron chi connectivity index (χ1n) is 1.40. The van der Waals surface area contributed by atoms with Crippen molar-refractivity contribution in [3.05, 3.63) is 12.2 Å². The van der Waals surface area contributed by atoms with Crippen molar-refractivity contribution in [1.82, 2.24) is 0 Å². The van der Waals surface area contributed by atoms with Gasteiger partial charge in [-0.25, -0.2) is 6.08 Å². The van der Waals surface area contributed by atoms with E-state index in [1.807, 2.05) is 0 Å². The molecule has 0 atom stereocenters. The Morgan fingerprint density at radius 2 is 2.40 bits per heavy atom. The lowest BCUT2D eigenvalue weighted by molar-refractivity contribution is 0.564. The predicted molar refractivity (Wildman–Crippen MR) is 20.5 cm³/mol. The molecular weight excluding hydrogens is 64.0 g/mol. The number of rotatable bonds is 1. The van der Waals surface area contributed by atoms with Crippen molar-refractivity contribution in [2.75, 3.05) is 0 Å². The average molecular weight is 69.1 g/mol. The lowest BCUT2D eigenvalue weighted by Gasteiger charge is -1.65. The Hall–Kier alpha value is -0.590. The fraction of sp³-hybridized carbons (Fsp3) is 0.250. The summed E-state index contributed by atoms with van der Waals surface area (Å²) in [5.74, 6) is 0. The van der Waals surface area contributed by atoms with Gasteiger partial charge in [0, 0.05) is 0 Å². The first-order chi connectivity index (χ1) is 2.41. The molecule has 0 aromatic carbocycles. The van der Waals surface area contributed by atoms with E-state index in [4.69, 9.17) is 0 Å². The van der Waals surface area contributed by atoms with Crippen molar-refractivity contribution in [2.24, 2.45) is 0 Å². The van der Waals surface area contributed by atoms with Crippen LogP contribution in [0.2, 0.25) is 0 Å². The third kappa shape index (κ3) is 3.41. The van der Waals surface area contributed by atoms with Crippen LogP contribution in [0.1, 0.15) is 6.92 Å². The predicted octanol–water partition coefficient (Wildman–Crippen LogP) is 0.672. The normalized spacial score (nSPS) is 9.00. The molecule has 0 aliphatic rings. The van der Waals surface area contributed by atoms with Gasteiger partial charge in [-0.05, 0) is 6.29 Å². The van der Waals surface area contributed by atoms with Gasteiger partial charge in [0.1, 0.15) is 0 Å². The zero-order valence-corrected chi connectivity index (χ0v) is 3.06. The quantitative estimate of drug-likeness (QED) is 0.326. The Balaban J connectivity index is 2.92. The molecule has 0 aliphatic carbocycles. The minimum atomic E-state index is 1.32. The maximum absolute atomic E-state index is 9.19. The van der Waals surface area contributed by atoms with Gasteiger partial charge in [0.25, 0.3) is 0 Å². The van der Waals surface area contributed by atoms with E-state index in [0.29, 0.717) is 0 Å². The SMILES string of the molecule is C/C=C/[C-]=O. The monoisotopic (exact) mass is 69.0 g/mol. The molecule has 0 aliphatic heterocycles. The van der Waals surface area contributed by atoms with Crippen molar-refractivity contribution < 1.29 is 4.79 Å². The van der Waals surface area contributed by atoms with Gasteiger partial charge in [0.15, 0.2) is 0 Å². The van der Waals surface area contributed by atoms with E-state index in [1.54, 1.807) is 19.3 Å². The molecule has 5 heavy (non-hydrogen) atoms. The molecular formula is C4H5O-. The molecule has 0 saturated heterocycles. The molecule has 0 saturated carbocycles. The van der Waals surface area contributed by atoms with E-state index in [0.717, 1.165) is 0 Å². The second-order valence-electron chi connectivity index (χ2n) is 0.618. The fourth-order valence-corrected chi connectivity index (χ4v) is 0.0680. The van der Waals surface area contributed by atoms with E-state index >= 15 is 0 Å². The van der Waals surface area contributed by atoms with E-state index in [9.17, 15) is 4.79 Å². The molecule has 0 unspecified atom stereocenters. The summed E-state index contributed by atoms with van der Waals surface area (Å²) in [6.07, 6.45) is 4.54. The van der Waals surface area contributed by atoms with Crippen LogP contribution >= 0.6 is 0 Å². The van der Waals surface area contributed by atoms with E-state index in [-0.39, 0.29) is 0 Å². The lowest BCUT2D eigenvalue weighted by atomic mass is 10.6. The summed E-state index contributed by atoms with van der Waals surface area (Å²) < 4.78 is 0. The molecule has 0 aromatic heterocycles. The highest BCUT2D eigenvalue weighted by atomic mass is 16.1. The van der Waals surface area contributed by atoms with Gasteiger partial charge in [-0.3, -0.25) is 0 Å². The summed E-state index contributed by atoms with van der Waals surface area (Å²) in [4.78, 5) is 9.19. The summed E-state index contributed by atoms with van der Waals surface area (Å²) in [6.45, 7) is 1.77. The molecule has 1 nitrogen and oxygen atoms in total. The van der Waals surface area contributed by atoms with E-state index < -0.39 is 0 Å². The Morgan fingerprint density at radius 1 is 1.80 bits per heavy atom. The zero-order chi connectivity index (χ0) is 4.12. The summed E-state index contributed by atoms with van der Waals surface area (Å²) in [7, 11) is 0. The van der Waals surface area contributed by atoms with Gasteiger partial charge >= 0.3 is 0 Å². The molecule has 1 heteroatoms. The van der Waals surface area contributed by atoms with E-state index in [1.165, 1.54) is 6.08 Å². The van der Waals surface area contributed by atoms with Gasteiger partial charge in [0.2, 0.25) is 0 Å². The molecule has 0 fully saturated rings. The fourth-order valence-electron chi connectivity index (χ4n) is 0.0680. The summed E-state index contributed by atoms with van der Waals surface area (Å²) in [5.41, 5.74) is 0.